The van der Waals surface area contributed by atoms with Gasteiger partial charge in [0, 0.05) is 35.5 Å². The summed E-state index contributed by atoms with van der Waals surface area (Å²) in [6, 6.07) is 3.82. The highest BCUT2D eigenvalue weighted by Crippen LogP contribution is 2.32. The zero-order chi connectivity index (χ0) is 13.2. The fraction of sp³-hybridized carbons (Fsp3) is 0.500. The third-order valence-electron chi connectivity index (χ3n) is 2.90. The number of rotatable bonds is 2. The Morgan fingerprint density at radius 1 is 1.61 bits per heavy atom. The first-order valence-electron chi connectivity index (χ1n) is 5.85. The molecule has 0 amide bonds. The maximum atomic E-state index is 8.68. The van der Waals surface area contributed by atoms with E-state index in [9.17, 15) is 0 Å². The van der Waals surface area contributed by atoms with Crippen molar-refractivity contribution >= 4 is 23.3 Å². The van der Waals surface area contributed by atoms with Gasteiger partial charge in [-0.2, -0.15) is 11.8 Å². The molecule has 0 aliphatic carbocycles. The molecule has 1 fully saturated rings. The van der Waals surface area contributed by atoms with Crippen molar-refractivity contribution in [2.45, 2.75) is 18.6 Å². The van der Waals surface area contributed by atoms with E-state index in [0.717, 1.165) is 24.5 Å². The van der Waals surface area contributed by atoms with E-state index in [1.165, 1.54) is 0 Å². The van der Waals surface area contributed by atoms with Crippen molar-refractivity contribution in [2.75, 3.05) is 23.7 Å². The Hall–Kier alpha value is -1.43. The molecule has 1 aliphatic heterocycles. The molecule has 2 rings (SSSR count). The summed E-state index contributed by atoms with van der Waals surface area (Å²) in [5.74, 6) is 1.15. The van der Waals surface area contributed by atoms with Crippen LogP contribution < -0.4 is 10.6 Å². The van der Waals surface area contributed by atoms with E-state index in [-0.39, 0.29) is 10.6 Å². The molecule has 1 aliphatic rings. The van der Waals surface area contributed by atoms with Crippen molar-refractivity contribution < 1.29 is 5.21 Å². The van der Waals surface area contributed by atoms with Crippen LogP contribution >= 0.6 is 11.8 Å². The molecule has 0 atom stereocenters. The van der Waals surface area contributed by atoms with Crippen LogP contribution in [0.15, 0.2) is 23.5 Å². The summed E-state index contributed by atoms with van der Waals surface area (Å²) in [6.45, 7) is 6.48. The third kappa shape index (κ3) is 2.87. The average Bonchev–Trinajstić information content (AvgIpc) is 2.37. The highest BCUT2D eigenvalue weighted by atomic mass is 32.2. The summed E-state index contributed by atoms with van der Waals surface area (Å²) in [4.78, 5) is 6.41. The van der Waals surface area contributed by atoms with Gasteiger partial charge in [0.1, 0.15) is 5.69 Å². The van der Waals surface area contributed by atoms with Crippen LogP contribution in [-0.2, 0) is 0 Å². The Morgan fingerprint density at radius 2 is 2.39 bits per heavy atom. The molecule has 1 aromatic rings. The second-order valence-corrected chi connectivity index (χ2v) is 6.72. The molecule has 0 aromatic carbocycles. The maximum Gasteiger partial charge on any atom is 0.188 e. The molecule has 1 aromatic heterocycles. The van der Waals surface area contributed by atoms with Gasteiger partial charge in [0.25, 0.3) is 0 Å². The van der Waals surface area contributed by atoms with E-state index >= 15 is 0 Å². The predicted octanol–water partition coefficient (Wildman–Crippen LogP) is 1.51. The van der Waals surface area contributed by atoms with E-state index < -0.39 is 0 Å². The largest absolute Gasteiger partial charge is 0.409 e. The molecule has 1 saturated heterocycles. The van der Waals surface area contributed by atoms with Crippen molar-refractivity contribution in [1.82, 2.24) is 4.98 Å². The lowest BCUT2D eigenvalue weighted by Gasteiger charge is -2.39. The Balaban J connectivity index is 2.23. The molecule has 0 unspecified atom stereocenters. The first-order valence-corrected chi connectivity index (χ1v) is 6.83. The van der Waals surface area contributed by atoms with Gasteiger partial charge in [-0.3, -0.25) is 4.98 Å². The monoisotopic (exact) mass is 266 g/mol. The molecule has 2 heterocycles. The van der Waals surface area contributed by atoms with Crippen molar-refractivity contribution in [3.8, 4) is 0 Å². The topological polar surface area (TPSA) is 74.7 Å². The van der Waals surface area contributed by atoms with Gasteiger partial charge in [-0.25, -0.2) is 0 Å². The van der Waals surface area contributed by atoms with Gasteiger partial charge in [-0.05, 0) is 26.0 Å². The smallest absolute Gasteiger partial charge is 0.188 e. The van der Waals surface area contributed by atoms with E-state index in [2.05, 4.69) is 28.9 Å². The molecular formula is C12H18N4OS. The highest BCUT2D eigenvalue weighted by Gasteiger charge is 2.27. The average molecular weight is 266 g/mol. The minimum absolute atomic E-state index is 0.0440. The number of amidine groups is 1. The fourth-order valence-electron chi connectivity index (χ4n) is 2.04. The number of hydrogen-bond acceptors (Lipinski definition) is 5. The molecule has 6 heteroatoms. The Labute approximate surface area is 111 Å². The molecule has 0 radical (unpaired) electrons. The third-order valence-corrected chi connectivity index (χ3v) is 4.20. The summed E-state index contributed by atoms with van der Waals surface area (Å²) in [7, 11) is 0. The number of nitrogens with two attached hydrogens (primary N) is 1. The summed E-state index contributed by atoms with van der Waals surface area (Å²) in [5.41, 5.74) is 7.14. The molecular weight excluding hydrogens is 248 g/mol. The van der Waals surface area contributed by atoms with Gasteiger partial charge in [0.05, 0.1) is 0 Å². The number of oxime groups is 1. The van der Waals surface area contributed by atoms with E-state index in [4.69, 9.17) is 10.9 Å². The van der Waals surface area contributed by atoms with Gasteiger partial charge in [0.2, 0.25) is 0 Å². The molecule has 0 saturated carbocycles. The molecule has 3 N–H and O–H groups in total. The summed E-state index contributed by atoms with van der Waals surface area (Å²) in [5, 5.41) is 11.7. The van der Waals surface area contributed by atoms with Crippen molar-refractivity contribution in [2.24, 2.45) is 10.9 Å². The lowest BCUT2D eigenvalue weighted by molar-refractivity contribution is 0.318. The van der Waals surface area contributed by atoms with Gasteiger partial charge in [-0.1, -0.05) is 5.16 Å². The van der Waals surface area contributed by atoms with Crippen LogP contribution in [0.2, 0.25) is 0 Å². The molecule has 98 valence electrons. The number of hydrogen-bond donors (Lipinski definition) is 2. The normalized spacial score (nSPS) is 19.9. The van der Waals surface area contributed by atoms with Gasteiger partial charge >= 0.3 is 0 Å². The van der Waals surface area contributed by atoms with Gasteiger partial charge in [-0.15, -0.1) is 0 Å². The van der Waals surface area contributed by atoms with E-state index in [1.807, 2.05) is 23.9 Å². The SMILES string of the molecule is CC1(C)CN(c2ccnc(/C(N)=N/O)c2)CCS1. The standard InChI is InChI=1S/C12H18N4OS/c1-12(2)8-16(5-6-18-12)9-3-4-14-10(7-9)11(13)15-17/h3-4,7,17H,5-6,8H2,1-2H3,(H2,13,15). The summed E-state index contributed by atoms with van der Waals surface area (Å²) < 4.78 is 0.248. The van der Waals surface area contributed by atoms with Crippen molar-refractivity contribution in [3.63, 3.8) is 0 Å². The number of anilines is 1. The number of nitrogens with zero attached hydrogens (tertiary/aromatic N) is 3. The predicted molar refractivity (Wildman–Crippen MR) is 75.5 cm³/mol. The summed E-state index contributed by atoms with van der Waals surface area (Å²) in [6.07, 6.45) is 1.69. The Bertz CT molecular complexity index is 461. The minimum Gasteiger partial charge on any atom is -0.409 e. The maximum absolute atomic E-state index is 8.68. The van der Waals surface area contributed by atoms with Crippen LogP contribution in [0.1, 0.15) is 19.5 Å². The zero-order valence-corrected chi connectivity index (χ0v) is 11.4. The van der Waals surface area contributed by atoms with E-state index in [1.54, 1.807) is 6.20 Å². The van der Waals surface area contributed by atoms with Crippen LogP contribution in [0.25, 0.3) is 0 Å². The number of pyridine rings is 1. The zero-order valence-electron chi connectivity index (χ0n) is 10.6. The van der Waals surface area contributed by atoms with Crippen molar-refractivity contribution in [3.05, 3.63) is 24.0 Å². The lowest BCUT2D eigenvalue weighted by Crippen LogP contribution is -2.43. The van der Waals surface area contributed by atoms with Crippen molar-refractivity contribution in [1.29, 1.82) is 0 Å². The minimum atomic E-state index is 0.0440. The van der Waals surface area contributed by atoms with Crippen LogP contribution in [0.4, 0.5) is 5.69 Å². The lowest BCUT2D eigenvalue weighted by atomic mass is 10.1. The van der Waals surface area contributed by atoms with Crippen LogP contribution in [0.3, 0.4) is 0 Å². The molecule has 18 heavy (non-hydrogen) atoms. The quantitative estimate of drug-likeness (QED) is 0.367. The van der Waals surface area contributed by atoms with Gasteiger partial charge < -0.3 is 15.8 Å². The number of aromatic nitrogens is 1. The second kappa shape index (κ2) is 5.06. The van der Waals surface area contributed by atoms with E-state index in [0.29, 0.717) is 5.69 Å². The van der Waals surface area contributed by atoms with Crippen LogP contribution in [-0.4, -0.2) is 39.6 Å². The molecule has 0 bridgehead atoms. The molecule has 5 nitrogen and oxygen atoms in total. The van der Waals surface area contributed by atoms with Gasteiger partial charge in [0.15, 0.2) is 5.84 Å². The Morgan fingerprint density at radius 3 is 3.06 bits per heavy atom. The highest BCUT2D eigenvalue weighted by molar-refractivity contribution is 8.00. The fourth-order valence-corrected chi connectivity index (χ4v) is 3.16. The Kier molecular flexibility index (Phi) is 3.65. The summed E-state index contributed by atoms with van der Waals surface area (Å²) >= 11 is 1.99. The molecule has 0 spiro atoms. The van der Waals surface area contributed by atoms with Crippen LogP contribution in [0, 0.1) is 0 Å². The number of thioether (sulfide) groups is 1. The second-order valence-electron chi connectivity index (χ2n) is 4.91. The first kappa shape index (κ1) is 13.0. The first-order chi connectivity index (χ1) is 8.52. The van der Waals surface area contributed by atoms with Crippen LogP contribution in [0.5, 0.6) is 0 Å².